The molecule has 1 aromatic heterocycles. The van der Waals surface area contributed by atoms with Gasteiger partial charge in [0.1, 0.15) is 11.6 Å². The van der Waals surface area contributed by atoms with Gasteiger partial charge in [0.2, 0.25) is 5.96 Å². The van der Waals surface area contributed by atoms with Crippen molar-refractivity contribution in [2.24, 2.45) is 4.99 Å². The standard InChI is InChI=1S/C28H29FN6O2/c1-37-25-9-5-2-6-22(25)26(36)33-19-28(23-7-3-4-8-24(23)29)12-16-35(17-13-28)27(34-20-30)32-18-21-10-14-31-15-11-21/h2-11,14-15H,12-13,16-19H2,1H3,(H,32,34)(H,33,36). The number of methoxy groups -OCH3 is 1. The third-order valence-electron chi connectivity index (χ3n) is 6.73. The lowest BCUT2D eigenvalue weighted by Gasteiger charge is -2.43. The van der Waals surface area contributed by atoms with Crippen LogP contribution in [0.3, 0.4) is 0 Å². The average molecular weight is 501 g/mol. The number of nitrogens with one attached hydrogen (secondary N) is 2. The molecule has 2 heterocycles. The molecule has 0 bridgehead atoms. The Morgan fingerprint density at radius 2 is 1.84 bits per heavy atom. The Morgan fingerprint density at radius 1 is 1.14 bits per heavy atom. The smallest absolute Gasteiger partial charge is 0.255 e. The van der Waals surface area contributed by atoms with Crippen molar-refractivity contribution in [2.75, 3.05) is 26.7 Å². The zero-order valence-corrected chi connectivity index (χ0v) is 20.7. The number of pyridine rings is 1. The number of aliphatic imine (C=N–C) groups is 1. The van der Waals surface area contributed by atoms with E-state index in [4.69, 9.17) is 4.74 Å². The number of ether oxygens (including phenoxy) is 1. The maximum atomic E-state index is 15.0. The van der Waals surface area contributed by atoms with Gasteiger partial charge in [-0.2, -0.15) is 5.26 Å². The van der Waals surface area contributed by atoms with Gasteiger partial charge in [-0.1, -0.05) is 30.3 Å². The molecule has 3 aromatic rings. The van der Waals surface area contributed by atoms with E-state index in [0.717, 1.165) is 5.56 Å². The second-order valence-electron chi connectivity index (χ2n) is 8.86. The number of amides is 1. The zero-order valence-electron chi connectivity index (χ0n) is 20.7. The molecule has 2 N–H and O–H groups in total. The van der Waals surface area contributed by atoms with Crippen LogP contribution >= 0.6 is 0 Å². The van der Waals surface area contributed by atoms with Crippen molar-refractivity contribution in [1.29, 1.82) is 5.26 Å². The summed E-state index contributed by atoms with van der Waals surface area (Å²) in [4.78, 5) is 23.6. The van der Waals surface area contributed by atoms with Gasteiger partial charge in [-0.3, -0.25) is 15.1 Å². The van der Waals surface area contributed by atoms with E-state index in [1.807, 2.05) is 29.3 Å². The van der Waals surface area contributed by atoms with Crippen molar-refractivity contribution in [3.05, 3.63) is 95.6 Å². The molecule has 0 radical (unpaired) electrons. The summed E-state index contributed by atoms with van der Waals surface area (Å²) in [6.45, 7) is 1.72. The van der Waals surface area contributed by atoms with E-state index in [1.165, 1.54) is 13.2 Å². The molecule has 1 fully saturated rings. The minimum atomic E-state index is -0.623. The third-order valence-corrected chi connectivity index (χ3v) is 6.73. The number of halogens is 1. The minimum absolute atomic E-state index is 0.258. The predicted octanol–water partition coefficient (Wildman–Crippen LogP) is 3.62. The zero-order chi connectivity index (χ0) is 26.1. The highest BCUT2D eigenvalue weighted by molar-refractivity contribution is 5.97. The largest absolute Gasteiger partial charge is 0.496 e. The highest BCUT2D eigenvalue weighted by Gasteiger charge is 2.39. The van der Waals surface area contributed by atoms with Crippen LogP contribution < -0.4 is 15.4 Å². The molecular formula is C28H29FN6O2. The summed E-state index contributed by atoms with van der Waals surface area (Å²) in [5, 5.41) is 15.0. The van der Waals surface area contributed by atoms with Gasteiger partial charge in [0.25, 0.3) is 5.91 Å². The summed E-state index contributed by atoms with van der Waals surface area (Å²) in [7, 11) is 1.52. The number of nitriles is 1. The second kappa shape index (κ2) is 12.0. The Kier molecular flexibility index (Phi) is 8.31. The first-order valence-electron chi connectivity index (χ1n) is 12.1. The lowest BCUT2D eigenvalue weighted by molar-refractivity contribution is 0.0928. The second-order valence-corrected chi connectivity index (χ2v) is 8.86. The number of benzene rings is 2. The maximum Gasteiger partial charge on any atom is 0.255 e. The van der Waals surface area contributed by atoms with Gasteiger partial charge in [-0.25, -0.2) is 9.38 Å². The molecule has 1 aliphatic rings. The van der Waals surface area contributed by atoms with Crippen LogP contribution in [0, 0.1) is 17.3 Å². The molecule has 0 spiro atoms. The van der Waals surface area contributed by atoms with Crippen molar-refractivity contribution in [3.63, 3.8) is 0 Å². The van der Waals surface area contributed by atoms with E-state index in [2.05, 4.69) is 20.6 Å². The fourth-order valence-electron chi connectivity index (χ4n) is 4.68. The van der Waals surface area contributed by atoms with Crippen LogP contribution in [0.25, 0.3) is 0 Å². The summed E-state index contributed by atoms with van der Waals surface area (Å²) < 4.78 is 20.4. The van der Waals surface area contributed by atoms with Crippen LogP contribution in [-0.4, -0.2) is 48.5 Å². The normalized spacial score (nSPS) is 14.9. The first-order valence-corrected chi connectivity index (χ1v) is 12.1. The first-order chi connectivity index (χ1) is 18.1. The van der Waals surface area contributed by atoms with E-state index in [-0.39, 0.29) is 18.3 Å². The molecule has 0 atom stereocenters. The SMILES string of the molecule is COc1ccccc1C(=O)NCC1(c2ccccc2F)CCN(C(=NCc2ccncc2)NC#N)CC1. The summed E-state index contributed by atoms with van der Waals surface area (Å²) in [5.74, 6) is 0.373. The van der Waals surface area contributed by atoms with Crippen molar-refractivity contribution in [1.82, 2.24) is 20.5 Å². The number of para-hydroxylation sites is 1. The molecule has 2 aromatic carbocycles. The molecular weight excluding hydrogens is 471 g/mol. The highest BCUT2D eigenvalue weighted by Crippen LogP contribution is 2.37. The van der Waals surface area contributed by atoms with E-state index >= 15 is 4.39 Å². The predicted molar refractivity (Wildman–Crippen MR) is 138 cm³/mol. The number of aromatic nitrogens is 1. The molecule has 0 unspecified atom stereocenters. The molecule has 4 rings (SSSR count). The van der Waals surface area contributed by atoms with E-state index < -0.39 is 5.41 Å². The Balaban J connectivity index is 1.53. The van der Waals surface area contributed by atoms with Gasteiger partial charge in [-0.05, 0) is 54.3 Å². The molecule has 8 nitrogen and oxygen atoms in total. The van der Waals surface area contributed by atoms with Crippen LogP contribution in [0.1, 0.15) is 34.3 Å². The van der Waals surface area contributed by atoms with E-state index in [0.29, 0.717) is 55.3 Å². The molecule has 1 saturated heterocycles. The van der Waals surface area contributed by atoms with Crippen LogP contribution in [0.2, 0.25) is 0 Å². The minimum Gasteiger partial charge on any atom is -0.496 e. The van der Waals surface area contributed by atoms with Gasteiger partial charge >= 0.3 is 0 Å². The Labute approximate surface area is 215 Å². The van der Waals surface area contributed by atoms with E-state index in [1.54, 1.807) is 48.8 Å². The number of nitrogens with zero attached hydrogens (tertiary/aromatic N) is 4. The Hall–Kier alpha value is -4.45. The Morgan fingerprint density at radius 3 is 2.54 bits per heavy atom. The quantitative estimate of drug-likeness (QED) is 0.222. The number of likely N-dealkylation sites (tertiary alicyclic amines) is 1. The van der Waals surface area contributed by atoms with E-state index in [9.17, 15) is 10.1 Å². The summed E-state index contributed by atoms with van der Waals surface area (Å²) in [6, 6.07) is 17.5. The summed E-state index contributed by atoms with van der Waals surface area (Å²) in [5.41, 5.74) is 1.35. The van der Waals surface area contributed by atoms with Crippen molar-refractivity contribution in [2.45, 2.75) is 24.8 Å². The number of rotatable bonds is 7. The molecule has 1 amide bonds. The molecule has 37 heavy (non-hydrogen) atoms. The number of carbonyl (C=O) groups excluding carboxylic acids is 1. The highest BCUT2D eigenvalue weighted by atomic mass is 19.1. The summed E-state index contributed by atoms with van der Waals surface area (Å²) in [6.07, 6.45) is 6.48. The van der Waals surface area contributed by atoms with Crippen LogP contribution in [0.4, 0.5) is 4.39 Å². The van der Waals surface area contributed by atoms with Crippen LogP contribution in [-0.2, 0) is 12.0 Å². The first kappa shape index (κ1) is 25.6. The molecule has 1 aliphatic heterocycles. The van der Waals surface area contributed by atoms with Crippen molar-refractivity contribution < 1.29 is 13.9 Å². The number of carbonyl (C=O) groups is 1. The van der Waals surface area contributed by atoms with Gasteiger partial charge in [0, 0.05) is 37.4 Å². The Bertz CT molecular complexity index is 1280. The fourth-order valence-corrected chi connectivity index (χ4v) is 4.68. The number of hydrogen-bond donors (Lipinski definition) is 2. The summed E-state index contributed by atoms with van der Waals surface area (Å²) >= 11 is 0. The maximum absolute atomic E-state index is 15.0. The molecule has 0 aliphatic carbocycles. The number of piperidine rings is 1. The van der Waals surface area contributed by atoms with Crippen molar-refractivity contribution >= 4 is 11.9 Å². The molecule has 190 valence electrons. The average Bonchev–Trinajstić information content (AvgIpc) is 2.95. The monoisotopic (exact) mass is 500 g/mol. The lowest BCUT2D eigenvalue weighted by Crippen LogP contribution is -2.52. The molecule has 9 heteroatoms. The topological polar surface area (TPSA) is 103 Å². The lowest BCUT2D eigenvalue weighted by atomic mass is 9.72. The third kappa shape index (κ3) is 6.04. The fraction of sp³-hybridized carbons (Fsp3) is 0.286. The van der Waals surface area contributed by atoms with Crippen LogP contribution in [0.5, 0.6) is 5.75 Å². The van der Waals surface area contributed by atoms with Crippen LogP contribution in [0.15, 0.2) is 78.0 Å². The van der Waals surface area contributed by atoms with Gasteiger partial charge in [-0.15, -0.1) is 0 Å². The van der Waals surface area contributed by atoms with Gasteiger partial charge in [0.05, 0.1) is 19.2 Å². The number of hydrogen-bond acceptors (Lipinski definition) is 5. The molecule has 0 saturated carbocycles. The van der Waals surface area contributed by atoms with Gasteiger partial charge in [0.15, 0.2) is 6.19 Å². The number of guanidine groups is 1. The van der Waals surface area contributed by atoms with Crippen molar-refractivity contribution in [3.8, 4) is 11.9 Å². The van der Waals surface area contributed by atoms with Gasteiger partial charge < -0.3 is 15.0 Å².